The predicted octanol–water partition coefficient (Wildman–Crippen LogP) is 1.92. The zero-order valence-electron chi connectivity index (χ0n) is 9.52. The number of carboxylic acid groups (broad SMARTS) is 1. The highest BCUT2D eigenvalue weighted by molar-refractivity contribution is 5.80. The molecule has 0 aromatic carbocycles. The first-order valence-electron chi connectivity index (χ1n) is 4.89. The highest BCUT2D eigenvalue weighted by atomic mass is 16.6. The molecule has 1 aliphatic carbocycles. The van der Waals surface area contributed by atoms with Crippen molar-refractivity contribution in [3.63, 3.8) is 0 Å². The van der Waals surface area contributed by atoms with Crippen molar-refractivity contribution in [3.8, 4) is 0 Å². The molecule has 0 saturated heterocycles. The number of aliphatic carboxylic acids is 1. The summed E-state index contributed by atoms with van der Waals surface area (Å²) in [5, 5.41) is 12.6. The van der Waals surface area contributed by atoms with E-state index in [0.29, 0.717) is 0 Å². The second kappa shape index (κ2) is 4.04. The number of nitrogens with zero attached hydrogens (tertiary/aromatic N) is 1. The number of oxime groups is 1. The van der Waals surface area contributed by atoms with Crippen molar-refractivity contribution < 1.29 is 14.7 Å². The van der Waals surface area contributed by atoms with E-state index in [2.05, 4.69) is 9.99 Å². The molecule has 1 N–H and O–H groups in total. The van der Waals surface area contributed by atoms with Gasteiger partial charge in [-0.25, -0.2) is 0 Å². The minimum absolute atomic E-state index is 0.0957. The second-order valence-corrected chi connectivity index (χ2v) is 4.49. The molecule has 1 fully saturated rings. The van der Waals surface area contributed by atoms with Gasteiger partial charge in [-0.15, -0.1) is 0 Å². The summed E-state index contributed by atoms with van der Waals surface area (Å²) in [5.41, 5.74) is 0.784. The molecule has 4 nitrogen and oxygen atoms in total. The van der Waals surface area contributed by atoms with Crippen molar-refractivity contribution in [2.45, 2.75) is 20.8 Å². The van der Waals surface area contributed by atoms with Crippen molar-refractivity contribution in [1.29, 1.82) is 0 Å². The van der Waals surface area contributed by atoms with Gasteiger partial charge in [0.25, 0.3) is 0 Å². The summed E-state index contributed by atoms with van der Waals surface area (Å²) in [7, 11) is 1.48. The second-order valence-electron chi connectivity index (χ2n) is 4.49. The molecule has 4 heteroatoms. The third kappa shape index (κ3) is 2.37. The van der Waals surface area contributed by atoms with Gasteiger partial charge in [-0.1, -0.05) is 25.1 Å². The van der Waals surface area contributed by atoms with Crippen molar-refractivity contribution in [2.24, 2.45) is 22.4 Å². The summed E-state index contributed by atoms with van der Waals surface area (Å²) in [4.78, 5) is 15.4. The highest BCUT2D eigenvalue weighted by Crippen LogP contribution is 2.59. The van der Waals surface area contributed by atoms with Gasteiger partial charge >= 0.3 is 5.97 Å². The van der Waals surface area contributed by atoms with Crippen LogP contribution in [0.2, 0.25) is 0 Å². The van der Waals surface area contributed by atoms with Gasteiger partial charge in [-0.05, 0) is 23.8 Å². The van der Waals surface area contributed by atoms with Crippen molar-refractivity contribution in [1.82, 2.24) is 0 Å². The smallest absolute Gasteiger partial charge is 0.307 e. The third-order valence-electron chi connectivity index (χ3n) is 2.98. The van der Waals surface area contributed by atoms with Crippen LogP contribution >= 0.6 is 0 Å². The average molecular weight is 211 g/mol. The fraction of sp³-hybridized carbons (Fsp3) is 0.636. The molecule has 0 radical (unpaired) electrons. The Labute approximate surface area is 89.6 Å². The molecule has 0 spiro atoms. The molecule has 0 aromatic heterocycles. The van der Waals surface area contributed by atoms with Crippen molar-refractivity contribution in [2.75, 3.05) is 7.11 Å². The SMILES string of the molecule is CON=CC(C)=C[C@@H]1[C@@H](C(=O)O)C1(C)C. The van der Waals surface area contributed by atoms with Gasteiger partial charge in [0.15, 0.2) is 0 Å². The summed E-state index contributed by atoms with van der Waals surface area (Å²) in [6.45, 7) is 5.82. The number of hydrogen-bond acceptors (Lipinski definition) is 3. The van der Waals surface area contributed by atoms with E-state index >= 15 is 0 Å². The van der Waals surface area contributed by atoms with Crippen LogP contribution in [0.25, 0.3) is 0 Å². The average Bonchev–Trinajstić information content (AvgIpc) is 2.64. The topological polar surface area (TPSA) is 58.9 Å². The molecule has 0 aliphatic heterocycles. The Morgan fingerprint density at radius 2 is 2.13 bits per heavy atom. The van der Waals surface area contributed by atoms with Crippen LogP contribution in [0.3, 0.4) is 0 Å². The lowest BCUT2D eigenvalue weighted by Gasteiger charge is -1.97. The van der Waals surface area contributed by atoms with Crippen LogP contribution in [0, 0.1) is 17.3 Å². The van der Waals surface area contributed by atoms with E-state index in [1.807, 2.05) is 26.8 Å². The Kier molecular flexibility index (Phi) is 3.17. The summed E-state index contributed by atoms with van der Waals surface area (Å²) in [6, 6.07) is 0. The number of carboxylic acids is 1. The van der Waals surface area contributed by atoms with E-state index < -0.39 is 5.97 Å². The van der Waals surface area contributed by atoms with E-state index in [1.165, 1.54) is 7.11 Å². The van der Waals surface area contributed by atoms with E-state index in [0.717, 1.165) is 5.57 Å². The Morgan fingerprint density at radius 1 is 1.53 bits per heavy atom. The monoisotopic (exact) mass is 211 g/mol. The van der Waals surface area contributed by atoms with Crippen LogP contribution in [0.15, 0.2) is 16.8 Å². The van der Waals surface area contributed by atoms with Crippen molar-refractivity contribution in [3.05, 3.63) is 11.6 Å². The summed E-state index contributed by atoms with van der Waals surface area (Å²) in [5.74, 6) is -0.903. The zero-order chi connectivity index (χ0) is 11.6. The van der Waals surface area contributed by atoms with E-state index in [1.54, 1.807) is 6.21 Å². The molecule has 0 bridgehead atoms. The molecule has 0 aromatic rings. The molecular formula is C11H17NO3. The van der Waals surface area contributed by atoms with E-state index in [-0.39, 0.29) is 17.3 Å². The molecule has 1 saturated carbocycles. The first-order chi connectivity index (χ1) is 6.91. The Bertz CT molecular complexity index is 318. The maximum Gasteiger partial charge on any atom is 0.307 e. The lowest BCUT2D eigenvalue weighted by atomic mass is 10.1. The zero-order valence-corrected chi connectivity index (χ0v) is 9.52. The van der Waals surface area contributed by atoms with Crippen LogP contribution in [0.5, 0.6) is 0 Å². The number of carbonyl (C=O) groups is 1. The van der Waals surface area contributed by atoms with Gasteiger partial charge in [-0.3, -0.25) is 4.79 Å². The Balaban J connectivity index is 2.69. The number of allylic oxidation sites excluding steroid dienone is 2. The minimum Gasteiger partial charge on any atom is -0.481 e. The maximum atomic E-state index is 10.9. The molecule has 1 aliphatic rings. The van der Waals surface area contributed by atoms with Crippen LogP contribution in [-0.4, -0.2) is 24.4 Å². The van der Waals surface area contributed by atoms with E-state index in [9.17, 15) is 4.79 Å². The van der Waals surface area contributed by atoms with E-state index in [4.69, 9.17) is 5.11 Å². The fourth-order valence-electron chi connectivity index (χ4n) is 1.92. The van der Waals surface area contributed by atoms with Crippen LogP contribution < -0.4 is 0 Å². The summed E-state index contributed by atoms with van der Waals surface area (Å²) >= 11 is 0. The van der Waals surface area contributed by atoms with Crippen LogP contribution in [-0.2, 0) is 9.63 Å². The summed E-state index contributed by atoms with van der Waals surface area (Å²) < 4.78 is 0. The lowest BCUT2D eigenvalue weighted by Crippen LogP contribution is -2.03. The molecular weight excluding hydrogens is 194 g/mol. The van der Waals surface area contributed by atoms with Gasteiger partial charge in [0.1, 0.15) is 7.11 Å². The normalized spacial score (nSPS) is 29.2. The number of hydrogen-bond donors (Lipinski definition) is 1. The fourth-order valence-corrected chi connectivity index (χ4v) is 1.92. The molecule has 2 atom stereocenters. The molecule has 0 unspecified atom stereocenters. The van der Waals surface area contributed by atoms with Crippen molar-refractivity contribution >= 4 is 12.2 Å². The molecule has 84 valence electrons. The van der Waals surface area contributed by atoms with Crippen LogP contribution in [0.1, 0.15) is 20.8 Å². The van der Waals surface area contributed by atoms with Gasteiger partial charge in [0.2, 0.25) is 0 Å². The quantitative estimate of drug-likeness (QED) is 0.571. The molecule has 1 rings (SSSR count). The number of rotatable bonds is 4. The summed E-state index contributed by atoms with van der Waals surface area (Å²) in [6.07, 6.45) is 3.54. The molecule has 0 heterocycles. The maximum absolute atomic E-state index is 10.9. The largest absolute Gasteiger partial charge is 0.481 e. The predicted molar refractivity (Wildman–Crippen MR) is 57.7 cm³/mol. The Morgan fingerprint density at radius 3 is 2.53 bits per heavy atom. The van der Waals surface area contributed by atoms with Gasteiger partial charge < -0.3 is 9.94 Å². The third-order valence-corrected chi connectivity index (χ3v) is 2.98. The molecule has 0 amide bonds. The lowest BCUT2D eigenvalue weighted by molar-refractivity contribution is -0.139. The van der Waals surface area contributed by atoms with Crippen LogP contribution in [0.4, 0.5) is 0 Å². The minimum atomic E-state index is -0.724. The van der Waals surface area contributed by atoms with Gasteiger partial charge in [-0.2, -0.15) is 0 Å². The first kappa shape index (κ1) is 11.8. The Hall–Kier alpha value is -1.32. The van der Waals surface area contributed by atoms with Gasteiger partial charge in [0.05, 0.1) is 12.1 Å². The first-order valence-corrected chi connectivity index (χ1v) is 4.89. The molecule has 15 heavy (non-hydrogen) atoms. The standard InChI is InChI=1S/C11H17NO3/c1-7(6-12-15-4)5-8-9(10(13)14)11(8,2)3/h5-6,8-9H,1-4H3,(H,13,14)/t8-,9+/m1/s1. The van der Waals surface area contributed by atoms with Gasteiger partial charge in [0, 0.05) is 0 Å². The highest BCUT2D eigenvalue weighted by Gasteiger charge is 2.60.